The van der Waals surface area contributed by atoms with Crippen LogP contribution in [0.25, 0.3) is 22.6 Å². The molecule has 4 aromatic rings. The Labute approximate surface area is 141 Å². The van der Waals surface area contributed by atoms with Gasteiger partial charge in [0.05, 0.1) is 11.0 Å². The van der Waals surface area contributed by atoms with Gasteiger partial charge < -0.3 is 4.57 Å². The summed E-state index contributed by atoms with van der Waals surface area (Å²) in [5.41, 5.74) is 6.93. The first-order chi connectivity index (χ1) is 11.7. The van der Waals surface area contributed by atoms with Gasteiger partial charge in [0.15, 0.2) is 5.82 Å². The first kappa shape index (κ1) is 14.6. The summed E-state index contributed by atoms with van der Waals surface area (Å²) in [7, 11) is 0. The Morgan fingerprint density at radius 1 is 0.917 bits per heavy atom. The van der Waals surface area contributed by atoms with Crippen LogP contribution in [0.5, 0.6) is 0 Å². The summed E-state index contributed by atoms with van der Waals surface area (Å²) in [6, 6.07) is 20.8. The van der Waals surface area contributed by atoms with Crippen molar-refractivity contribution in [3.05, 3.63) is 83.6 Å². The summed E-state index contributed by atoms with van der Waals surface area (Å²) < 4.78 is 2.26. The summed E-state index contributed by atoms with van der Waals surface area (Å²) in [6.07, 6.45) is 1.82. The lowest BCUT2D eigenvalue weighted by Crippen LogP contribution is -2.04. The maximum absolute atomic E-state index is 4.83. The van der Waals surface area contributed by atoms with Crippen molar-refractivity contribution in [2.45, 2.75) is 20.4 Å². The Hall–Kier alpha value is -2.94. The van der Waals surface area contributed by atoms with Crippen molar-refractivity contribution < 1.29 is 0 Å². The highest BCUT2D eigenvalue weighted by Gasteiger charge is 2.14. The Bertz CT molecular complexity index is 1000. The van der Waals surface area contributed by atoms with E-state index in [1.165, 1.54) is 16.7 Å². The Morgan fingerprint density at radius 2 is 1.75 bits per heavy atom. The van der Waals surface area contributed by atoms with E-state index in [9.17, 15) is 0 Å². The highest BCUT2D eigenvalue weighted by atomic mass is 15.1. The quantitative estimate of drug-likeness (QED) is 0.546. The van der Waals surface area contributed by atoms with Gasteiger partial charge in [0.1, 0.15) is 5.69 Å². The van der Waals surface area contributed by atoms with Gasteiger partial charge in [-0.2, -0.15) is 0 Å². The standard InChI is InChI=1S/C21H19N3/c1-15-10-11-16(2)17(13-15)14-24-20-9-4-3-7-18(20)23-21(24)19-8-5-6-12-22-19/h3-13H,14H2,1-2H3. The number of hydrogen-bond donors (Lipinski definition) is 0. The van der Waals surface area contributed by atoms with E-state index >= 15 is 0 Å². The molecule has 24 heavy (non-hydrogen) atoms. The largest absolute Gasteiger partial charge is 0.318 e. The normalized spacial score (nSPS) is 11.1. The van der Waals surface area contributed by atoms with Gasteiger partial charge in [-0.15, -0.1) is 0 Å². The molecular formula is C21H19N3. The summed E-state index contributed by atoms with van der Waals surface area (Å²) in [6.45, 7) is 5.09. The van der Waals surface area contributed by atoms with Crippen molar-refractivity contribution in [3.63, 3.8) is 0 Å². The minimum absolute atomic E-state index is 0.792. The molecule has 0 aliphatic heterocycles. The predicted molar refractivity (Wildman–Crippen MR) is 98.0 cm³/mol. The van der Waals surface area contributed by atoms with Crippen LogP contribution in [-0.2, 0) is 6.54 Å². The number of imidazole rings is 1. The summed E-state index contributed by atoms with van der Waals surface area (Å²) in [4.78, 5) is 9.33. The fourth-order valence-electron chi connectivity index (χ4n) is 3.07. The molecule has 0 saturated heterocycles. The Morgan fingerprint density at radius 3 is 2.58 bits per heavy atom. The molecule has 0 aliphatic carbocycles. The average Bonchev–Trinajstić information content (AvgIpc) is 2.98. The molecule has 2 heterocycles. The molecule has 0 N–H and O–H groups in total. The highest BCUT2D eigenvalue weighted by molar-refractivity contribution is 5.80. The van der Waals surface area contributed by atoms with Crippen LogP contribution in [0.2, 0.25) is 0 Å². The number of para-hydroxylation sites is 2. The molecule has 0 amide bonds. The fraction of sp³-hybridized carbons (Fsp3) is 0.143. The Balaban J connectivity index is 1.91. The number of nitrogens with zero attached hydrogens (tertiary/aromatic N) is 3. The SMILES string of the molecule is Cc1ccc(C)c(Cn2c(-c3ccccn3)nc3ccccc32)c1. The maximum atomic E-state index is 4.83. The zero-order valence-electron chi connectivity index (χ0n) is 13.9. The average molecular weight is 313 g/mol. The third-order valence-corrected chi connectivity index (χ3v) is 4.38. The first-order valence-corrected chi connectivity index (χ1v) is 8.15. The molecule has 0 atom stereocenters. The van der Waals surface area contributed by atoms with Gasteiger partial charge in [0.2, 0.25) is 0 Å². The number of rotatable bonds is 3. The van der Waals surface area contributed by atoms with E-state index in [2.05, 4.69) is 59.8 Å². The number of aryl methyl sites for hydroxylation is 2. The fourth-order valence-corrected chi connectivity index (χ4v) is 3.07. The van der Waals surface area contributed by atoms with Crippen LogP contribution in [-0.4, -0.2) is 14.5 Å². The first-order valence-electron chi connectivity index (χ1n) is 8.15. The molecule has 0 bridgehead atoms. The zero-order chi connectivity index (χ0) is 16.5. The molecular weight excluding hydrogens is 294 g/mol. The maximum Gasteiger partial charge on any atom is 0.160 e. The van der Waals surface area contributed by atoms with Crippen molar-refractivity contribution in [2.75, 3.05) is 0 Å². The molecule has 3 nitrogen and oxygen atoms in total. The smallest absolute Gasteiger partial charge is 0.160 e. The second-order valence-electron chi connectivity index (χ2n) is 6.16. The lowest BCUT2D eigenvalue weighted by atomic mass is 10.1. The van der Waals surface area contributed by atoms with Gasteiger partial charge in [0, 0.05) is 12.7 Å². The van der Waals surface area contributed by atoms with Crippen LogP contribution < -0.4 is 0 Å². The third kappa shape index (κ3) is 2.58. The van der Waals surface area contributed by atoms with Gasteiger partial charge in [-0.3, -0.25) is 4.98 Å². The van der Waals surface area contributed by atoms with Gasteiger partial charge in [0.25, 0.3) is 0 Å². The summed E-state index contributed by atoms with van der Waals surface area (Å²) >= 11 is 0. The van der Waals surface area contributed by atoms with Crippen molar-refractivity contribution in [1.82, 2.24) is 14.5 Å². The van der Waals surface area contributed by atoms with Crippen molar-refractivity contribution >= 4 is 11.0 Å². The number of fused-ring (bicyclic) bond motifs is 1. The molecule has 0 aliphatic rings. The van der Waals surface area contributed by atoms with Crippen LogP contribution in [0, 0.1) is 13.8 Å². The van der Waals surface area contributed by atoms with E-state index in [0.717, 1.165) is 29.1 Å². The molecule has 2 aromatic heterocycles. The molecule has 0 saturated carbocycles. The highest BCUT2D eigenvalue weighted by Crippen LogP contribution is 2.25. The molecule has 2 aromatic carbocycles. The van der Waals surface area contributed by atoms with E-state index < -0.39 is 0 Å². The number of pyridine rings is 1. The predicted octanol–water partition coefficient (Wildman–Crippen LogP) is 4.76. The van der Waals surface area contributed by atoms with Crippen molar-refractivity contribution in [2.24, 2.45) is 0 Å². The lowest BCUT2D eigenvalue weighted by molar-refractivity contribution is 0.823. The third-order valence-electron chi connectivity index (χ3n) is 4.38. The second kappa shape index (κ2) is 5.93. The van der Waals surface area contributed by atoms with Crippen LogP contribution in [0.15, 0.2) is 66.9 Å². The van der Waals surface area contributed by atoms with E-state index in [4.69, 9.17) is 4.98 Å². The van der Waals surface area contributed by atoms with Crippen molar-refractivity contribution in [3.8, 4) is 11.5 Å². The topological polar surface area (TPSA) is 30.7 Å². The molecule has 0 spiro atoms. The van der Waals surface area contributed by atoms with Crippen LogP contribution in [0.3, 0.4) is 0 Å². The zero-order valence-corrected chi connectivity index (χ0v) is 13.9. The number of aromatic nitrogens is 3. The lowest BCUT2D eigenvalue weighted by Gasteiger charge is -2.12. The van der Waals surface area contributed by atoms with Crippen LogP contribution >= 0.6 is 0 Å². The molecule has 4 rings (SSSR count). The molecule has 0 unspecified atom stereocenters. The summed E-state index contributed by atoms with van der Waals surface area (Å²) in [5.74, 6) is 0.915. The molecule has 0 fully saturated rings. The van der Waals surface area contributed by atoms with E-state index in [1.54, 1.807) is 0 Å². The summed E-state index contributed by atoms with van der Waals surface area (Å²) in [5, 5.41) is 0. The van der Waals surface area contributed by atoms with Crippen LogP contribution in [0.4, 0.5) is 0 Å². The van der Waals surface area contributed by atoms with Gasteiger partial charge in [-0.25, -0.2) is 4.98 Å². The van der Waals surface area contributed by atoms with E-state index in [1.807, 2.05) is 30.5 Å². The van der Waals surface area contributed by atoms with Crippen molar-refractivity contribution in [1.29, 1.82) is 0 Å². The second-order valence-corrected chi connectivity index (χ2v) is 6.16. The molecule has 118 valence electrons. The van der Waals surface area contributed by atoms with Gasteiger partial charge in [-0.05, 0) is 49.2 Å². The van der Waals surface area contributed by atoms with Gasteiger partial charge in [-0.1, -0.05) is 42.0 Å². The number of benzene rings is 2. The van der Waals surface area contributed by atoms with Crippen LogP contribution in [0.1, 0.15) is 16.7 Å². The number of hydrogen-bond acceptors (Lipinski definition) is 2. The minimum Gasteiger partial charge on any atom is -0.318 e. The monoisotopic (exact) mass is 313 g/mol. The van der Waals surface area contributed by atoms with E-state index in [-0.39, 0.29) is 0 Å². The minimum atomic E-state index is 0.792. The molecule has 3 heteroatoms. The van der Waals surface area contributed by atoms with Gasteiger partial charge >= 0.3 is 0 Å². The molecule has 0 radical (unpaired) electrons. The Kier molecular flexibility index (Phi) is 3.62. The van der Waals surface area contributed by atoms with E-state index in [0.29, 0.717) is 0 Å².